The van der Waals surface area contributed by atoms with Gasteiger partial charge >= 0.3 is 0 Å². The molecule has 1 amide bonds. The minimum Gasteiger partial charge on any atom is -0.483 e. The number of hydrogen-bond acceptors (Lipinski definition) is 6. The van der Waals surface area contributed by atoms with E-state index in [4.69, 9.17) is 9.15 Å². The first-order chi connectivity index (χ1) is 15.6. The Morgan fingerprint density at radius 2 is 2.12 bits per heavy atom. The molecular formula is C23H21N5O4. The lowest BCUT2D eigenvalue weighted by molar-refractivity contribution is -0.118. The number of rotatable bonds is 6. The van der Waals surface area contributed by atoms with Crippen LogP contribution >= 0.6 is 0 Å². The van der Waals surface area contributed by atoms with Gasteiger partial charge in [-0.2, -0.15) is 9.78 Å². The second-order valence-corrected chi connectivity index (χ2v) is 7.57. The van der Waals surface area contributed by atoms with Crippen molar-refractivity contribution in [2.45, 2.75) is 26.2 Å². The Morgan fingerprint density at radius 1 is 1.25 bits per heavy atom. The molecule has 0 bridgehead atoms. The van der Waals surface area contributed by atoms with Gasteiger partial charge in [-0.15, -0.1) is 0 Å². The number of carbonyl (C=O) groups excluding carboxylic acids is 1. The summed E-state index contributed by atoms with van der Waals surface area (Å²) in [5, 5.41) is 7.31. The zero-order chi connectivity index (χ0) is 22.1. The Kier molecular flexibility index (Phi) is 5.06. The predicted octanol–water partition coefficient (Wildman–Crippen LogP) is 3.03. The van der Waals surface area contributed by atoms with Crippen LogP contribution in [0.3, 0.4) is 0 Å². The van der Waals surface area contributed by atoms with Gasteiger partial charge in [0.05, 0.1) is 12.0 Å². The first kappa shape index (κ1) is 19.8. The van der Waals surface area contributed by atoms with E-state index in [0.717, 1.165) is 24.1 Å². The highest BCUT2D eigenvalue weighted by atomic mass is 16.5. The van der Waals surface area contributed by atoms with Crippen molar-refractivity contribution >= 4 is 11.7 Å². The Bertz CT molecular complexity index is 1340. The Balaban J connectivity index is 1.45. The number of nitrogens with one attached hydrogen (secondary N) is 2. The van der Waals surface area contributed by atoms with Crippen LogP contribution in [0.25, 0.3) is 17.4 Å². The van der Waals surface area contributed by atoms with Gasteiger partial charge in [-0.1, -0.05) is 18.2 Å². The molecule has 9 heteroatoms. The lowest BCUT2D eigenvalue weighted by Gasteiger charge is -2.11. The predicted molar refractivity (Wildman–Crippen MR) is 117 cm³/mol. The minimum atomic E-state index is -0.371. The second-order valence-electron chi connectivity index (χ2n) is 7.57. The monoisotopic (exact) mass is 431 g/mol. The highest BCUT2D eigenvalue weighted by Gasteiger charge is 2.21. The average Bonchev–Trinajstić information content (AvgIpc) is 3.53. The number of carbonyl (C=O) groups is 1. The first-order valence-electron chi connectivity index (χ1n) is 10.3. The normalized spacial score (nSPS) is 12.5. The van der Waals surface area contributed by atoms with Crippen molar-refractivity contribution in [3.05, 3.63) is 75.9 Å². The van der Waals surface area contributed by atoms with Crippen LogP contribution < -0.4 is 15.6 Å². The molecule has 3 aromatic heterocycles. The molecule has 5 rings (SSSR count). The molecule has 9 nitrogen and oxygen atoms in total. The maximum atomic E-state index is 12.6. The maximum Gasteiger partial charge on any atom is 0.263 e. The van der Waals surface area contributed by atoms with E-state index < -0.39 is 0 Å². The quantitative estimate of drug-likeness (QED) is 0.485. The van der Waals surface area contributed by atoms with Crippen molar-refractivity contribution in [2.75, 3.05) is 11.9 Å². The summed E-state index contributed by atoms with van der Waals surface area (Å²) in [7, 11) is 0. The molecule has 3 heterocycles. The summed E-state index contributed by atoms with van der Waals surface area (Å²) in [6, 6.07) is 12.6. The Hall–Kier alpha value is -4.14. The summed E-state index contributed by atoms with van der Waals surface area (Å²) < 4.78 is 12.5. The van der Waals surface area contributed by atoms with Gasteiger partial charge in [-0.25, -0.2) is 4.98 Å². The molecule has 0 atom stereocenters. The fraction of sp³-hybridized carbons (Fsp3) is 0.217. The van der Waals surface area contributed by atoms with E-state index in [1.807, 2.05) is 25.1 Å². The molecule has 1 aromatic carbocycles. The number of anilines is 1. The molecule has 4 aromatic rings. The summed E-state index contributed by atoms with van der Waals surface area (Å²) in [6.45, 7) is 1.73. The topological polar surface area (TPSA) is 115 Å². The Morgan fingerprint density at radius 3 is 2.94 bits per heavy atom. The molecule has 0 aliphatic heterocycles. The third kappa shape index (κ3) is 3.80. The number of furan rings is 1. The molecule has 0 saturated carbocycles. The van der Waals surface area contributed by atoms with E-state index >= 15 is 0 Å². The van der Waals surface area contributed by atoms with E-state index in [1.165, 1.54) is 10.9 Å². The fourth-order valence-electron chi connectivity index (χ4n) is 3.75. The van der Waals surface area contributed by atoms with E-state index in [9.17, 15) is 9.59 Å². The van der Waals surface area contributed by atoms with Gasteiger partial charge in [0.15, 0.2) is 12.4 Å². The standard InChI is InChI=1S/C23H21N5O4/c1-14-6-2-3-9-18(14)32-13-21(29)25-20-12-17(19-10-5-11-31-19)27-28(20)23-24-16-8-4-7-15(16)22(30)26-23/h2-3,5-6,9-12H,4,7-8,13H2,1H3,(H,25,29)(H,24,26,30). The van der Waals surface area contributed by atoms with Crippen molar-refractivity contribution in [1.82, 2.24) is 19.7 Å². The highest BCUT2D eigenvalue weighted by molar-refractivity contribution is 5.91. The van der Waals surface area contributed by atoms with Gasteiger partial charge in [0.1, 0.15) is 17.3 Å². The molecule has 1 aliphatic carbocycles. The zero-order valence-corrected chi connectivity index (χ0v) is 17.4. The average molecular weight is 431 g/mol. The number of aromatic nitrogens is 4. The van der Waals surface area contributed by atoms with Crippen molar-refractivity contribution in [3.63, 3.8) is 0 Å². The van der Waals surface area contributed by atoms with Crippen LogP contribution in [0.5, 0.6) is 5.75 Å². The second kappa shape index (κ2) is 8.18. The number of benzene rings is 1. The summed E-state index contributed by atoms with van der Waals surface area (Å²) >= 11 is 0. The van der Waals surface area contributed by atoms with Crippen LogP contribution in [0.2, 0.25) is 0 Å². The van der Waals surface area contributed by atoms with Gasteiger partial charge in [-0.05, 0) is 49.9 Å². The highest BCUT2D eigenvalue weighted by Crippen LogP contribution is 2.25. The van der Waals surface area contributed by atoms with E-state index in [-0.39, 0.29) is 24.0 Å². The van der Waals surface area contributed by atoms with Crippen molar-refractivity contribution < 1.29 is 13.9 Å². The van der Waals surface area contributed by atoms with E-state index in [0.29, 0.717) is 35.0 Å². The van der Waals surface area contributed by atoms with Crippen LogP contribution in [-0.4, -0.2) is 32.3 Å². The van der Waals surface area contributed by atoms with Crippen molar-refractivity contribution in [1.29, 1.82) is 0 Å². The maximum absolute atomic E-state index is 12.6. The number of amides is 1. The van der Waals surface area contributed by atoms with Gasteiger partial charge in [-0.3, -0.25) is 14.6 Å². The Labute approximate surface area is 183 Å². The number of fused-ring (bicyclic) bond motifs is 1. The molecule has 0 unspecified atom stereocenters. The fourth-order valence-corrected chi connectivity index (χ4v) is 3.75. The third-order valence-corrected chi connectivity index (χ3v) is 5.33. The smallest absolute Gasteiger partial charge is 0.263 e. The SMILES string of the molecule is Cc1ccccc1OCC(=O)Nc1cc(-c2ccco2)nn1-c1nc2c(c(=O)[nH]1)CCC2. The third-order valence-electron chi connectivity index (χ3n) is 5.33. The van der Waals surface area contributed by atoms with Gasteiger partial charge in [0.25, 0.3) is 11.5 Å². The number of ether oxygens (including phenoxy) is 1. The summed E-state index contributed by atoms with van der Waals surface area (Å²) in [4.78, 5) is 32.5. The lowest BCUT2D eigenvalue weighted by atomic mass is 10.2. The molecular weight excluding hydrogens is 410 g/mol. The molecule has 32 heavy (non-hydrogen) atoms. The molecule has 0 saturated heterocycles. The van der Waals surface area contributed by atoms with Crippen LogP contribution in [0.1, 0.15) is 23.2 Å². The summed E-state index contributed by atoms with van der Waals surface area (Å²) in [6.07, 6.45) is 3.89. The van der Waals surface area contributed by atoms with Crippen LogP contribution in [-0.2, 0) is 17.6 Å². The number of aryl methyl sites for hydroxylation is 2. The largest absolute Gasteiger partial charge is 0.483 e. The number of para-hydroxylation sites is 1. The first-order valence-corrected chi connectivity index (χ1v) is 10.3. The van der Waals surface area contributed by atoms with Crippen molar-refractivity contribution in [2.24, 2.45) is 0 Å². The number of aromatic amines is 1. The summed E-state index contributed by atoms with van der Waals surface area (Å²) in [5.41, 5.74) is 2.72. The van der Waals surface area contributed by atoms with Gasteiger partial charge in [0, 0.05) is 11.6 Å². The van der Waals surface area contributed by atoms with Crippen LogP contribution in [0.15, 0.2) is 57.9 Å². The molecule has 2 N–H and O–H groups in total. The van der Waals surface area contributed by atoms with Crippen LogP contribution in [0.4, 0.5) is 5.82 Å². The summed E-state index contributed by atoms with van der Waals surface area (Å²) in [5.74, 6) is 1.37. The van der Waals surface area contributed by atoms with Gasteiger partial charge < -0.3 is 14.5 Å². The van der Waals surface area contributed by atoms with Gasteiger partial charge in [0.2, 0.25) is 5.95 Å². The number of nitrogens with zero attached hydrogens (tertiary/aromatic N) is 3. The van der Waals surface area contributed by atoms with Crippen LogP contribution in [0, 0.1) is 6.92 Å². The number of hydrogen-bond donors (Lipinski definition) is 2. The zero-order valence-electron chi connectivity index (χ0n) is 17.4. The number of H-pyrrole nitrogens is 1. The molecule has 0 fully saturated rings. The molecule has 0 spiro atoms. The van der Waals surface area contributed by atoms with E-state index in [1.54, 1.807) is 24.3 Å². The van der Waals surface area contributed by atoms with E-state index in [2.05, 4.69) is 20.4 Å². The minimum absolute atomic E-state index is 0.180. The molecule has 1 aliphatic rings. The molecule has 0 radical (unpaired) electrons. The lowest BCUT2D eigenvalue weighted by Crippen LogP contribution is -2.24. The molecule has 162 valence electrons. The van der Waals surface area contributed by atoms with Crippen molar-refractivity contribution in [3.8, 4) is 23.2 Å².